The molecule has 0 aliphatic carbocycles. The molecule has 5 heteroatoms. The van der Waals surface area contributed by atoms with E-state index in [0.29, 0.717) is 11.6 Å². The Morgan fingerprint density at radius 2 is 1.61 bits per heavy atom. The maximum Gasteiger partial charge on any atom is 0.274 e. The SMILES string of the molecule is O=C(c1cnc(N2CCCCCC2)cn1)N1CCC(Cc2ccccc2)CC1. The lowest BCUT2D eigenvalue weighted by molar-refractivity contribution is 0.0684. The lowest BCUT2D eigenvalue weighted by Crippen LogP contribution is -2.39. The lowest BCUT2D eigenvalue weighted by Gasteiger charge is -2.32. The number of aromatic nitrogens is 2. The Labute approximate surface area is 167 Å². The molecule has 2 aliphatic heterocycles. The molecule has 28 heavy (non-hydrogen) atoms. The van der Waals surface area contributed by atoms with E-state index < -0.39 is 0 Å². The van der Waals surface area contributed by atoms with Crippen LogP contribution in [-0.2, 0) is 6.42 Å². The second-order valence-electron chi connectivity index (χ2n) is 8.09. The summed E-state index contributed by atoms with van der Waals surface area (Å²) in [4.78, 5) is 26.1. The molecule has 0 atom stereocenters. The van der Waals surface area contributed by atoms with Gasteiger partial charge in [-0.05, 0) is 43.6 Å². The van der Waals surface area contributed by atoms with Gasteiger partial charge in [0, 0.05) is 26.2 Å². The van der Waals surface area contributed by atoms with Gasteiger partial charge in [-0.3, -0.25) is 4.79 Å². The minimum Gasteiger partial charge on any atom is -0.355 e. The van der Waals surface area contributed by atoms with Crippen LogP contribution in [0.4, 0.5) is 5.82 Å². The van der Waals surface area contributed by atoms with Gasteiger partial charge in [-0.2, -0.15) is 0 Å². The van der Waals surface area contributed by atoms with Crippen molar-refractivity contribution >= 4 is 11.7 Å². The van der Waals surface area contributed by atoms with Crippen molar-refractivity contribution in [2.45, 2.75) is 44.9 Å². The van der Waals surface area contributed by atoms with Crippen LogP contribution in [0.5, 0.6) is 0 Å². The molecule has 148 valence electrons. The first kappa shape index (κ1) is 18.9. The predicted octanol–water partition coefficient (Wildman–Crippen LogP) is 3.95. The van der Waals surface area contributed by atoms with Crippen LogP contribution in [0.3, 0.4) is 0 Å². The molecular weight excluding hydrogens is 348 g/mol. The van der Waals surface area contributed by atoms with Gasteiger partial charge in [-0.15, -0.1) is 0 Å². The summed E-state index contributed by atoms with van der Waals surface area (Å²) in [7, 11) is 0. The fourth-order valence-corrected chi connectivity index (χ4v) is 4.34. The van der Waals surface area contributed by atoms with Crippen LogP contribution in [0.25, 0.3) is 0 Å². The highest BCUT2D eigenvalue weighted by Crippen LogP contribution is 2.23. The Morgan fingerprint density at radius 3 is 2.25 bits per heavy atom. The average molecular weight is 379 g/mol. The molecule has 2 aliphatic rings. The number of carbonyl (C=O) groups excluding carboxylic acids is 1. The third-order valence-electron chi connectivity index (χ3n) is 6.06. The Balaban J connectivity index is 1.31. The van der Waals surface area contributed by atoms with Gasteiger partial charge >= 0.3 is 0 Å². The molecule has 0 radical (unpaired) electrons. The molecular formula is C23H30N4O. The summed E-state index contributed by atoms with van der Waals surface area (Å²) in [5.41, 5.74) is 1.86. The van der Waals surface area contributed by atoms with Crippen molar-refractivity contribution in [3.8, 4) is 0 Å². The van der Waals surface area contributed by atoms with E-state index in [-0.39, 0.29) is 5.91 Å². The Kier molecular flexibility index (Phi) is 6.20. The van der Waals surface area contributed by atoms with E-state index in [4.69, 9.17) is 0 Å². The summed E-state index contributed by atoms with van der Waals surface area (Å²) in [5.74, 6) is 1.58. The van der Waals surface area contributed by atoms with Gasteiger partial charge in [-0.1, -0.05) is 43.2 Å². The highest BCUT2D eigenvalue weighted by atomic mass is 16.2. The minimum atomic E-state index is 0.0214. The summed E-state index contributed by atoms with van der Waals surface area (Å²) in [5, 5.41) is 0. The van der Waals surface area contributed by atoms with Crippen LogP contribution in [0.15, 0.2) is 42.7 Å². The summed E-state index contributed by atoms with van der Waals surface area (Å²) < 4.78 is 0. The first-order valence-electron chi connectivity index (χ1n) is 10.7. The van der Waals surface area contributed by atoms with E-state index in [0.717, 1.165) is 51.3 Å². The molecule has 2 saturated heterocycles. The number of benzene rings is 1. The quantitative estimate of drug-likeness (QED) is 0.808. The number of anilines is 1. The monoisotopic (exact) mass is 378 g/mol. The molecule has 0 bridgehead atoms. The average Bonchev–Trinajstić information content (AvgIpc) is 3.04. The molecule has 0 saturated carbocycles. The lowest BCUT2D eigenvalue weighted by atomic mass is 9.90. The number of amides is 1. The van der Waals surface area contributed by atoms with Crippen LogP contribution >= 0.6 is 0 Å². The van der Waals surface area contributed by atoms with Crippen molar-refractivity contribution in [3.05, 3.63) is 54.0 Å². The normalized spacial score (nSPS) is 18.7. The van der Waals surface area contributed by atoms with Crippen LogP contribution in [0.1, 0.15) is 54.6 Å². The van der Waals surface area contributed by atoms with Crippen LogP contribution in [0.2, 0.25) is 0 Å². The topological polar surface area (TPSA) is 49.3 Å². The summed E-state index contributed by atoms with van der Waals surface area (Å²) in [6.45, 7) is 3.70. The zero-order valence-electron chi connectivity index (χ0n) is 16.6. The molecule has 0 unspecified atom stereocenters. The standard InChI is InChI=1S/C23H30N4O/c28-23(21-17-25-22(18-24-21)26-12-6-1-2-7-13-26)27-14-10-20(11-15-27)16-19-8-4-3-5-9-19/h3-5,8-9,17-18,20H,1-2,6-7,10-16H2. The number of hydrogen-bond donors (Lipinski definition) is 0. The molecule has 2 aromatic rings. The third-order valence-corrected chi connectivity index (χ3v) is 6.06. The van der Waals surface area contributed by atoms with E-state index in [1.807, 2.05) is 4.90 Å². The first-order chi connectivity index (χ1) is 13.8. The number of likely N-dealkylation sites (tertiary alicyclic amines) is 1. The second-order valence-corrected chi connectivity index (χ2v) is 8.09. The van der Waals surface area contributed by atoms with E-state index in [2.05, 4.69) is 45.2 Å². The Morgan fingerprint density at radius 1 is 0.893 bits per heavy atom. The van der Waals surface area contributed by atoms with Gasteiger partial charge in [-0.25, -0.2) is 9.97 Å². The van der Waals surface area contributed by atoms with Crippen molar-refractivity contribution in [1.82, 2.24) is 14.9 Å². The van der Waals surface area contributed by atoms with Crippen LogP contribution in [0, 0.1) is 5.92 Å². The third kappa shape index (κ3) is 4.70. The van der Waals surface area contributed by atoms with E-state index in [9.17, 15) is 4.79 Å². The highest BCUT2D eigenvalue weighted by molar-refractivity contribution is 5.92. The fraction of sp³-hybridized carbons (Fsp3) is 0.522. The smallest absolute Gasteiger partial charge is 0.274 e. The number of rotatable bonds is 4. The first-order valence-corrected chi connectivity index (χ1v) is 10.7. The van der Waals surface area contributed by atoms with Gasteiger partial charge in [0.15, 0.2) is 0 Å². The van der Waals surface area contributed by atoms with Crippen LogP contribution in [-0.4, -0.2) is 47.0 Å². The molecule has 4 rings (SSSR count). The molecule has 2 fully saturated rings. The molecule has 0 spiro atoms. The Bertz CT molecular complexity index is 746. The van der Waals surface area contributed by atoms with E-state index in [1.54, 1.807) is 12.4 Å². The van der Waals surface area contributed by atoms with E-state index >= 15 is 0 Å². The summed E-state index contributed by atoms with van der Waals surface area (Å²) >= 11 is 0. The maximum absolute atomic E-state index is 12.8. The zero-order valence-corrected chi connectivity index (χ0v) is 16.6. The predicted molar refractivity (Wildman–Crippen MR) is 111 cm³/mol. The minimum absolute atomic E-state index is 0.0214. The number of piperidine rings is 1. The summed E-state index contributed by atoms with van der Waals surface area (Å²) in [6, 6.07) is 10.6. The van der Waals surface area contributed by atoms with Gasteiger partial charge in [0.2, 0.25) is 0 Å². The van der Waals surface area contributed by atoms with Crippen molar-refractivity contribution in [2.75, 3.05) is 31.1 Å². The number of hydrogen-bond acceptors (Lipinski definition) is 4. The van der Waals surface area contributed by atoms with Gasteiger partial charge in [0.05, 0.1) is 12.4 Å². The fourth-order valence-electron chi connectivity index (χ4n) is 4.34. The largest absolute Gasteiger partial charge is 0.355 e. The highest BCUT2D eigenvalue weighted by Gasteiger charge is 2.25. The number of carbonyl (C=O) groups is 1. The molecule has 3 heterocycles. The van der Waals surface area contributed by atoms with Crippen molar-refractivity contribution in [1.29, 1.82) is 0 Å². The van der Waals surface area contributed by atoms with Crippen molar-refractivity contribution in [3.63, 3.8) is 0 Å². The van der Waals surface area contributed by atoms with Gasteiger partial charge in [0.1, 0.15) is 11.5 Å². The van der Waals surface area contributed by atoms with Crippen molar-refractivity contribution < 1.29 is 4.79 Å². The zero-order chi connectivity index (χ0) is 19.2. The molecule has 1 aromatic carbocycles. The maximum atomic E-state index is 12.8. The summed E-state index contributed by atoms with van der Waals surface area (Å²) in [6.07, 6.45) is 11.7. The van der Waals surface area contributed by atoms with E-state index in [1.165, 1.54) is 31.2 Å². The van der Waals surface area contributed by atoms with Gasteiger partial charge < -0.3 is 9.80 Å². The molecule has 1 aromatic heterocycles. The number of nitrogens with zero attached hydrogens (tertiary/aromatic N) is 4. The van der Waals surface area contributed by atoms with Crippen molar-refractivity contribution in [2.24, 2.45) is 5.92 Å². The molecule has 0 N–H and O–H groups in total. The van der Waals surface area contributed by atoms with Gasteiger partial charge in [0.25, 0.3) is 5.91 Å². The molecule has 1 amide bonds. The second kappa shape index (κ2) is 9.18. The molecule has 5 nitrogen and oxygen atoms in total. The van der Waals surface area contributed by atoms with Crippen LogP contribution < -0.4 is 4.90 Å². The Hall–Kier alpha value is -2.43.